The third kappa shape index (κ3) is 3.72. The summed E-state index contributed by atoms with van der Waals surface area (Å²) in [5.74, 6) is -0.507. The highest BCUT2D eigenvalue weighted by atomic mass is 19.4. The summed E-state index contributed by atoms with van der Waals surface area (Å²) in [6.07, 6.45) is -0.888. The summed E-state index contributed by atoms with van der Waals surface area (Å²) in [6, 6.07) is 12.4. The number of nitrogens with one attached hydrogen (secondary N) is 2. The maximum atomic E-state index is 13.4. The number of carbonyl (C=O) groups is 1. The number of hydrogen-bond acceptors (Lipinski definition) is 3. The van der Waals surface area contributed by atoms with Crippen LogP contribution in [0.15, 0.2) is 65.7 Å². The molecule has 1 aliphatic rings. The smallest absolute Gasteiger partial charge is 0.392 e. The number of hydrogen-bond donors (Lipinski definition) is 3. The molecule has 9 heteroatoms. The number of rotatable bonds is 5. The van der Waals surface area contributed by atoms with Gasteiger partial charge in [0.15, 0.2) is 0 Å². The number of alkyl halides is 3. The number of aliphatic hydroxyl groups excluding tert-OH is 1. The minimum atomic E-state index is -4.32. The Kier molecular flexibility index (Phi) is 5.32. The number of aryl methyl sites for hydroxylation is 1. The van der Waals surface area contributed by atoms with Crippen LogP contribution in [0.2, 0.25) is 0 Å². The van der Waals surface area contributed by atoms with Gasteiger partial charge in [0.05, 0.1) is 12.0 Å². The third-order valence-electron chi connectivity index (χ3n) is 6.76. The van der Waals surface area contributed by atoms with Gasteiger partial charge in [-0.25, -0.2) is 0 Å². The van der Waals surface area contributed by atoms with Gasteiger partial charge < -0.3 is 20.0 Å². The van der Waals surface area contributed by atoms with Gasteiger partial charge in [0.1, 0.15) is 5.52 Å². The van der Waals surface area contributed by atoms with Gasteiger partial charge in [-0.15, -0.1) is 0 Å². The van der Waals surface area contributed by atoms with E-state index in [-0.39, 0.29) is 36.1 Å². The second-order valence-corrected chi connectivity index (χ2v) is 8.83. The van der Waals surface area contributed by atoms with Crippen molar-refractivity contribution in [2.75, 3.05) is 5.32 Å². The normalized spacial score (nSPS) is 14.8. The Hall–Kier alpha value is -3.85. The van der Waals surface area contributed by atoms with Gasteiger partial charge in [0, 0.05) is 47.2 Å². The lowest BCUT2D eigenvalue weighted by Crippen LogP contribution is -2.28. The molecule has 180 valence electrons. The number of benzene rings is 2. The van der Waals surface area contributed by atoms with Crippen molar-refractivity contribution in [2.45, 2.75) is 31.0 Å². The van der Waals surface area contributed by atoms with Crippen LogP contribution >= 0.6 is 0 Å². The van der Waals surface area contributed by atoms with Gasteiger partial charge in [-0.2, -0.15) is 13.2 Å². The lowest BCUT2D eigenvalue weighted by Gasteiger charge is -2.20. The summed E-state index contributed by atoms with van der Waals surface area (Å²) in [4.78, 5) is 28.2. The van der Waals surface area contributed by atoms with Gasteiger partial charge in [-0.1, -0.05) is 24.3 Å². The van der Waals surface area contributed by atoms with Crippen molar-refractivity contribution in [3.63, 3.8) is 0 Å². The van der Waals surface area contributed by atoms with Gasteiger partial charge in [0.2, 0.25) is 0 Å². The molecule has 5 rings (SSSR count). The average Bonchev–Trinajstić information content (AvgIpc) is 3.52. The van der Waals surface area contributed by atoms with Crippen LogP contribution in [0.3, 0.4) is 0 Å². The maximum absolute atomic E-state index is 13.4. The van der Waals surface area contributed by atoms with E-state index in [9.17, 15) is 27.9 Å². The summed E-state index contributed by atoms with van der Waals surface area (Å²) in [6.45, 7) is -0.381. The molecule has 1 saturated carbocycles. The van der Waals surface area contributed by atoms with Gasteiger partial charge >= 0.3 is 6.18 Å². The van der Waals surface area contributed by atoms with Crippen molar-refractivity contribution in [1.82, 2.24) is 9.55 Å². The largest absolute Gasteiger partial charge is 0.398 e. The molecule has 4 aromatic rings. The summed E-state index contributed by atoms with van der Waals surface area (Å²) in [7, 11) is 1.63. The number of H-pyrrole nitrogens is 1. The highest BCUT2D eigenvalue weighted by Gasteiger charge is 2.64. The van der Waals surface area contributed by atoms with E-state index in [2.05, 4.69) is 10.3 Å². The number of anilines is 1. The standard InChI is InChI=1S/C26H22F3N3O3/c1-32-13-19(18-9-12-30-22(18)24(32)35)17-3-2-4-21(20(17)14-33)31-23(34)15-5-7-16(8-6-15)25(10-11-25)26(27,28)29/h2-9,12-13,30,33H,10-11,14H2,1H3,(H,31,34). The molecule has 2 aromatic heterocycles. The van der Waals surface area contributed by atoms with Crippen LogP contribution in [-0.4, -0.2) is 26.7 Å². The molecule has 0 spiro atoms. The van der Waals surface area contributed by atoms with Gasteiger partial charge in [-0.05, 0) is 48.2 Å². The fourth-order valence-corrected chi connectivity index (χ4v) is 4.61. The Bertz CT molecular complexity index is 1500. The first-order valence-corrected chi connectivity index (χ1v) is 11.0. The molecular weight excluding hydrogens is 459 g/mol. The number of pyridine rings is 1. The number of aromatic amines is 1. The molecule has 3 N–H and O–H groups in total. The molecule has 2 heterocycles. The number of nitrogens with zero attached hydrogens (tertiary/aromatic N) is 1. The fraction of sp³-hybridized carbons (Fsp3) is 0.231. The van der Waals surface area contributed by atoms with E-state index >= 15 is 0 Å². The molecule has 1 amide bonds. The highest BCUT2D eigenvalue weighted by Crippen LogP contribution is 2.58. The van der Waals surface area contributed by atoms with Crippen molar-refractivity contribution < 1.29 is 23.1 Å². The van der Waals surface area contributed by atoms with E-state index in [0.29, 0.717) is 33.3 Å². The zero-order valence-electron chi connectivity index (χ0n) is 18.7. The molecule has 1 aliphatic carbocycles. The molecular formula is C26H22F3N3O3. The lowest BCUT2D eigenvalue weighted by molar-refractivity contribution is -0.160. The number of aliphatic hydroxyl groups is 1. The Labute approximate surface area is 198 Å². The van der Waals surface area contributed by atoms with Crippen LogP contribution in [0.5, 0.6) is 0 Å². The summed E-state index contributed by atoms with van der Waals surface area (Å²) < 4.78 is 41.6. The molecule has 0 atom stereocenters. The fourth-order valence-electron chi connectivity index (χ4n) is 4.61. The van der Waals surface area contributed by atoms with E-state index < -0.39 is 17.5 Å². The van der Waals surface area contributed by atoms with Crippen LogP contribution in [0.4, 0.5) is 18.9 Å². The van der Waals surface area contributed by atoms with Crippen molar-refractivity contribution in [2.24, 2.45) is 7.05 Å². The third-order valence-corrected chi connectivity index (χ3v) is 6.76. The van der Waals surface area contributed by atoms with Crippen molar-refractivity contribution >= 4 is 22.5 Å². The van der Waals surface area contributed by atoms with Crippen LogP contribution in [-0.2, 0) is 19.1 Å². The van der Waals surface area contributed by atoms with Crippen LogP contribution in [0, 0.1) is 0 Å². The first-order chi connectivity index (χ1) is 16.7. The van der Waals surface area contributed by atoms with Crippen LogP contribution < -0.4 is 10.9 Å². The molecule has 0 radical (unpaired) electrons. The summed E-state index contributed by atoms with van der Waals surface area (Å²) in [5.41, 5.74) is 0.955. The Morgan fingerprint density at radius 3 is 2.46 bits per heavy atom. The zero-order valence-corrected chi connectivity index (χ0v) is 18.7. The molecule has 0 aliphatic heterocycles. The lowest BCUT2D eigenvalue weighted by atomic mass is 9.94. The van der Waals surface area contributed by atoms with Gasteiger partial charge in [-0.3, -0.25) is 9.59 Å². The quantitative estimate of drug-likeness (QED) is 0.380. The minimum Gasteiger partial charge on any atom is -0.392 e. The number of fused-ring (bicyclic) bond motifs is 1. The first kappa shape index (κ1) is 22.9. The Morgan fingerprint density at radius 2 is 1.83 bits per heavy atom. The molecule has 0 unspecified atom stereocenters. The molecule has 1 fully saturated rings. The Morgan fingerprint density at radius 1 is 1.11 bits per heavy atom. The zero-order chi connectivity index (χ0) is 25.0. The second kappa shape index (κ2) is 8.13. The van der Waals surface area contributed by atoms with Crippen LogP contribution in [0.1, 0.15) is 34.3 Å². The Balaban J connectivity index is 1.47. The summed E-state index contributed by atoms with van der Waals surface area (Å²) >= 11 is 0. The highest BCUT2D eigenvalue weighted by molar-refractivity contribution is 6.05. The van der Waals surface area contributed by atoms with Crippen molar-refractivity contribution in [3.05, 3.63) is 88.0 Å². The molecule has 2 aromatic carbocycles. The number of amides is 1. The van der Waals surface area contributed by atoms with E-state index in [0.717, 1.165) is 0 Å². The number of halogens is 3. The first-order valence-electron chi connectivity index (χ1n) is 11.0. The van der Waals surface area contributed by atoms with E-state index in [1.165, 1.54) is 28.8 Å². The number of aromatic nitrogens is 2. The van der Waals surface area contributed by atoms with E-state index in [1.54, 1.807) is 43.7 Å². The second-order valence-electron chi connectivity index (χ2n) is 8.83. The van der Waals surface area contributed by atoms with E-state index in [1.807, 2.05) is 0 Å². The average molecular weight is 481 g/mol. The van der Waals surface area contributed by atoms with Crippen LogP contribution in [0.25, 0.3) is 22.0 Å². The van der Waals surface area contributed by atoms with Crippen molar-refractivity contribution in [1.29, 1.82) is 0 Å². The SMILES string of the molecule is Cn1cc(-c2cccc(NC(=O)c3ccc(C4(C(F)(F)F)CC4)cc3)c2CO)c2cc[nH]c2c1=O. The molecule has 35 heavy (non-hydrogen) atoms. The minimum absolute atomic E-state index is 0.0498. The molecule has 6 nitrogen and oxygen atoms in total. The van der Waals surface area contributed by atoms with Gasteiger partial charge in [0.25, 0.3) is 11.5 Å². The molecule has 0 saturated heterocycles. The predicted octanol–water partition coefficient (Wildman–Crippen LogP) is 4.87. The van der Waals surface area contributed by atoms with Crippen molar-refractivity contribution in [3.8, 4) is 11.1 Å². The topological polar surface area (TPSA) is 87.1 Å². The molecule has 0 bridgehead atoms. The predicted molar refractivity (Wildman–Crippen MR) is 126 cm³/mol. The number of carbonyl (C=O) groups excluding carboxylic acids is 1. The summed E-state index contributed by atoms with van der Waals surface area (Å²) in [5, 5.41) is 13.6. The monoisotopic (exact) mass is 481 g/mol. The maximum Gasteiger partial charge on any atom is 0.398 e. The van der Waals surface area contributed by atoms with E-state index in [4.69, 9.17) is 0 Å².